The maximum absolute atomic E-state index is 12.7. The molecule has 1 aromatic carbocycles. The highest BCUT2D eigenvalue weighted by molar-refractivity contribution is 6.34. The Morgan fingerprint density at radius 2 is 1.96 bits per heavy atom. The van der Waals surface area contributed by atoms with Gasteiger partial charge in [-0.3, -0.25) is 9.59 Å². The van der Waals surface area contributed by atoms with Crippen molar-refractivity contribution >= 4 is 47.2 Å². The summed E-state index contributed by atoms with van der Waals surface area (Å²) in [5.41, 5.74) is 0.594. The number of carbonyl (C=O) groups excluding carboxylic acids is 2. The van der Waals surface area contributed by atoms with Crippen LogP contribution >= 0.6 is 24.0 Å². The van der Waals surface area contributed by atoms with Gasteiger partial charge in [-0.15, -0.1) is 12.4 Å². The molecule has 0 aromatic heterocycles. The number of carbonyl (C=O) groups is 2. The number of nitrogens with one attached hydrogen (secondary N) is 3. The van der Waals surface area contributed by atoms with Crippen LogP contribution in [0.25, 0.3) is 0 Å². The number of hydrogen-bond donors (Lipinski definition) is 3. The Labute approximate surface area is 153 Å². The Morgan fingerprint density at radius 1 is 1.29 bits per heavy atom. The molecule has 0 saturated carbocycles. The lowest BCUT2D eigenvalue weighted by molar-refractivity contribution is -0.130. The van der Waals surface area contributed by atoms with E-state index in [9.17, 15) is 9.59 Å². The van der Waals surface area contributed by atoms with E-state index in [1.165, 1.54) is 6.92 Å². The zero-order chi connectivity index (χ0) is 16.9. The molecule has 8 heteroatoms. The molecule has 0 radical (unpaired) electrons. The quantitative estimate of drug-likeness (QED) is 0.738. The molecule has 0 aliphatic carbocycles. The van der Waals surface area contributed by atoms with Crippen molar-refractivity contribution in [2.24, 2.45) is 5.41 Å². The van der Waals surface area contributed by atoms with E-state index in [1.54, 1.807) is 25.3 Å². The Bertz CT molecular complexity index is 584. The first kappa shape index (κ1) is 20.7. The van der Waals surface area contributed by atoms with Gasteiger partial charge in [-0.05, 0) is 44.1 Å². The van der Waals surface area contributed by atoms with E-state index in [2.05, 4.69) is 16.0 Å². The van der Waals surface area contributed by atoms with Crippen LogP contribution in [0.4, 0.5) is 11.4 Å². The van der Waals surface area contributed by atoms with Gasteiger partial charge in [0.15, 0.2) is 0 Å². The van der Waals surface area contributed by atoms with Crippen molar-refractivity contribution in [3.63, 3.8) is 0 Å². The SMILES string of the molecule is COCC1(C(=O)Nc2ccc(NC(C)=O)c(Cl)c2)CCNCC1.Cl. The molecule has 24 heavy (non-hydrogen) atoms. The third-order valence-electron chi connectivity index (χ3n) is 4.00. The van der Waals surface area contributed by atoms with Crippen LogP contribution in [-0.2, 0) is 14.3 Å². The second kappa shape index (κ2) is 9.22. The molecule has 134 valence electrons. The van der Waals surface area contributed by atoms with Crippen molar-refractivity contribution in [3.8, 4) is 0 Å². The lowest BCUT2D eigenvalue weighted by atomic mass is 9.78. The minimum absolute atomic E-state index is 0. The number of benzene rings is 1. The Morgan fingerprint density at radius 3 is 2.50 bits per heavy atom. The molecule has 3 N–H and O–H groups in total. The number of piperidine rings is 1. The zero-order valence-corrected chi connectivity index (χ0v) is 15.4. The van der Waals surface area contributed by atoms with Gasteiger partial charge >= 0.3 is 0 Å². The van der Waals surface area contributed by atoms with Crippen LogP contribution in [0, 0.1) is 5.41 Å². The highest BCUT2D eigenvalue weighted by Crippen LogP contribution is 2.32. The first-order valence-corrected chi connectivity index (χ1v) is 7.93. The van der Waals surface area contributed by atoms with Crippen LogP contribution in [0.2, 0.25) is 5.02 Å². The van der Waals surface area contributed by atoms with E-state index in [0.29, 0.717) is 23.0 Å². The number of anilines is 2. The van der Waals surface area contributed by atoms with Gasteiger partial charge in [-0.2, -0.15) is 0 Å². The van der Waals surface area contributed by atoms with Crippen molar-refractivity contribution in [1.82, 2.24) is 5.32 Å². The molecule has 1 heterocycles. The van der Waals surface area contributed by atoms with Crippen LogP contribution in [0.3, 0.4) is 0 Å². The fourth-order valence-electron chi connectivity index (χ4n) is 2.77. The van der Waals surface area contributed by atoms with E-state index in [1.807, 2.05) is 0 Å². The van der Waals surface area contributed by atoms with Gasteiger partial charge in [-0.1, -0.05) is 11.6 Å². The molecule has 0 atom stereocenters. The Balaban J connectivity index is 0.00000288. The summed E-state index contributed by atoms with van der Waals surface area (Å²) in [5.74, 6) is -0.262. The van der Waals surface area contributed by atoms with E-state index in [-0.39, 0.29) is 24.2 Å². The minimum Gasteiger partial charge on any atom is -0.384 e. The molecule has 0 spiro atoms. The van der Waals surface area contributed by atoms with Gasteiger partial charge in [0.1, 0.15) is 0 Å². The number of ether oxygens (including phenoxy) is 1. The summed E-state index contributed by atoms with van der Waals surface area (Å²) in [5, 5.41) is 9.18. The summed E-state index contributed by atoms with van der Waals surface area (Å²) in [7, 11) is 1.61. The van der Waals surface area contributed by atoms with Crippen molar-refractivity contribution in [3.05, 3.63) is 23.2 Å². The lowest BCUT2D eigenvalue weighted by Gasteiger charge is -2.35. The summed E-state index contributed by atoms with van der Waals surface area (Å²) in [4.78, 5) is 23.8. The van der Waals surface area contributed by atoms with Crippen molar-refractivity contribution < 1.29 is 14.3 Å². The third kappa shape index (κ3) is 5.08. The lowest BCUT2D eigenvalue weighted by Crippen LogP contribution is -2.47. The highest BCUT2D eigenvalue weighted by Gasteiger charge is 2.39. The third-order valence-corrected chi connectivity index (χ3v) is 4.31. The van der Waals surface area contributed by atoms with E-state index in [0.717, 1.165) is 25.9 Å². The molecule has 1 fully saturated rings. The second-order valence-corrected chi connectivity index (χ2v) is 6.20. The van der Waals surface area contributed by atoms with Gasteiger partial charge < -0.3 is 20.7 Å². The first-order chi connectivity index (χ1) is 11.0. The standard InChI is InChI=1S/C16H22ClN3O3.ClH/c1-11(21)19-14-4-3-12(9-13(14)17)20-15(22)16(10-23-2)5-7-18-8-6-16;/h3-4,9,18H,5-8,10H2,1-2H3,(H,19,21)(H,20,22);1H. The predicted octanol–water partition coefficient (Wildman–Crippen LogP) is 2.67. The van der Waals surface area contributed by atoms with Crippen molar-refractivity contribution in [2.45, 2.75) is 19.8 Å². The summed E-state index contributed by atoms with van der Waals surface area (Å²) in [6.45, 7) is 3.38. The van der Waals surface area contributed by atoms with Gasteiger partial charge in [0, 0.05) is 19.7 Å². The number of methoxy groups -OCH3 is 1. The number of rotatable bonds is 5. The van der Waals surface area contributed by atoms with Gasteiger partial charge in [0.05, 0.1) is 22.7 Å². The van der Waals surface area contributed by atoms with Gasteiger partial charge in [0.25, 0.3) is 0 Å². The van der Waals surface area contributed by atoms with Crippen LogP contribution in [0.15, 0.2) is 18.2 Å². The summed E-state index contributed by atoms with van der Waals surface area (Å²) < 4.78 is 5.27. The molecule has 6 nitrogen and oxygen atoms in total. The number of halogens is 2. The van der Waals surface area contributed by atoms with E-state index in [4.69, 9.17) is 16.3 Å². The van der Waals surface area contributed by atoms with E-state index < -0.39 is 5.41 Å². The molecule has 1 saturated heterocycles. The molecule has 1 aliphatic rings. The first-order valence-electron chi connectivity index (χ1n) is 7.55. The molecular formula is C16H23Cl2N3O3. The van der Waals surface area contributed by atoms with Crippen molar-refractivity contribution in [2.75, 3.05) is 37.4 Å². The fraction of sp³-hybridized carbons (Fsp3) is 0.500. The molecular weight excluding hydrogens is 353 g/mol. The van der Waals surface area contributed by atoms with Gasteiger partial charge in [0.2, 0.25) is 11.8 Å². The maximum atomic E-state index is 12.7. The van der Waals surface area contributed by atoms with Crippen molar-refractivity contribution in [1.29, 1.82) is 0 Å². The molecule has 1 aliphatic heterocycles. The minimum atomic E-state index is -0.525. The zero-order valence-electron chi connectivity index (χ0n) is 13.8. The maximum Gasteiger partial charge on any atom is 0.233 e. The smallest absolute Gasteiger partial charge is 0.233 e. The Kier molecular flexibility index (Phi) is 7.96. The monoisotopic (exact) mass is 375 g/mol. The summed E-state index contributed by atoms with van der Waals surface area (Å²) in [6, 6.07) is 5.02. The number of hydrogen-bond acceptors (Lipinski definition) is 4. The molecule has 0 unspecified atom stereocenters. The van der Waals surface area contributed by atoms with Crippen LogP contribution in [0.1, 0.15) is 19.8 Å². The highest BCUT2D eigenvalue weighted by atomic mass is 35.5. The predicted molar refractivity (Wildman–Crippen MR) is 98.0 cm³/mol. The second-order valence-electron chi connectivity index (χ2n) is 5.79. The largest absolute Gasteiger partial charge is 0.384 e. The number of amides is 2. The average Bonchev–Trinajstić information content (AvgIpc) is 2.51. The summed E-state index contributed by atoms with van der Waals surface area (Å²) >= 11 is 6.14. The normalized spacial score (nSPS) is 16.0. The molecule has 1 aromatic rings. The van der Waals surface area contributed by atoms with Crippen LogP contribution < -0.4 is 16.0 Å². The average molecular weight is 376 g/mol. The van der Waals surface area contributed by atoms with E-state index >= 15 is 0 Å². The fourth-order valence-corrected chi connectivity index (χ4v) is 2.99. The molecule has 2 rings (SSSR count). The summed E-state index contributed by atoms with van der Waals surface area (Å²) in [6.07, 6.45) is 1.45. The molecule has 2 amide bonds. The topological polar surface area (TPSA) is 79.5 Å². The van der Waals surface area contributed by atoms with Crippen LogP contribution in [0.5, 0.6) is 0 Å². The molecule has 0 bridgehead atoms. The van der Waals surface area contributed by atoms with Gasteiger partial charge in [-0.25, -0.2) is 0 Å². The Hall–Kier alpha value is -1.34. The van der Waals surface area contributed by atoms with Crippen LogP contribution in [-0.4, -0.2) is 38.6 Å².